The lowest BCUT2D eigenvalue weighted by Crippen LogP contribution is -1.86. The highest BCUT2D eigenvalue weighted by molar-refractivity contribution is 5.84. The van der Waals surface area contributed by atoms with Gasteiger partial charge in [0.25, 0.3) is 0 Å². The van der Waals surface area contributed by atoms with Crippen LogP contribution >= 0.6 is 0 Å². The molecule has 2 heteroatoms. The molecule has 0 unspecified atom stereocenters. The van der Waals surface area contributed by atoms with E-state index in [2.05, 4.69) is 22.8 Å². The first-order valence-corrected chi connectivity index (χ1v) is 4.67. The van der Waals surface area contributed by atoms with E-state index in [9.17, 15) is 0 Å². The number of aryl methyl sites for hydroxylation is 1. The second kappa shape index (κ2) is 3.19. The van der Waals surface area contributed by atoms with Gasteiger partial charge in [-0.25, -0.2) is 0 Å². The maximum atomic E-state index is 8.90. The van der Waals surface area contributed by atoms with Gasteiger partial charge in [0.15, 0.2) is 0 Å². The summed E-state index contributed by atoms with van der Waals surface area (Å²) >= 11 is 0. The van der Waals surface area contributed by atoms with Gasteiger partial charge in [-0.15, -0.1) is 0 Å². The van der Waals surface area contributed by atoms with Gasteiger partial charge >= 0.3 is 0 Å². The van der Waals surface area contributed by atoms with Gasteiger partial charge in [0.1, 0.15) is 0 Å². The average Bonchev–Trinajstić information content (AvgIpc) is 2.56. The molecule has 0 aliphatic heterocycles. The fourth-order valence-electron chi connectivity index (χ4n) is 1.79. The first kappa shape index (κ1) is 8.83. The van der Waals surface area contributed by atoms with E-state index in [1.54, 1.807) is 0 Å². The van der Waals surface area contributed by atoms with Crippen LogP contribution in [0.15, 0.2) is 30.5 Å². The Hall–Kier alpha value is -1.75. The minimum absolute atomic E-state index is 0.0406. The van der Waals surface area contributed by atoms with Crippen molar-refractivity contribution in [3.05, 3.63) is 36.0 Å². The number of aromatic nitrogens is 1. The van der Waals surface area contributed by atoms with E-state index in [-0.39, 0.29) is 5.92 Å². The molecule has 2 rings (SSSR count). The molecule has 1 aromatic heterocycles. The molecular formula is C12H12N2. The van der Waals surface area contributed by atoms with Crippen molar-refractivity contribution in [3.8, 4) is 6.07 Å². The average molecular weight is 184 g/mol. The van der Waals surface area contributed by atoms with Gasteiger partial charge in [-0.1, -0.05) is 18.2 Å². The van der Waals surface area contributed by atoms with Crippen LogP contribution in [0, 0.1) is 11.3 Å². The summed E-state index contributed by atoms with van der Waals surface area (Å²) in [6.45, 7) is 1.93. The summed E-state index contributed by atoms with van der Waals surface area (Å²) in [4.78, 5) is 0. The van der Waals surface area contributed by atoms with E-state index in [1.807, 2.05) is 32.3 Å². The molecule has 2 aromatic rings. The molecule has 0 spiro atoms. The van der Waals surface area contributed by atoms with E-state index < -0.39 is 0 Å². The van der Waals surface area contributed by atoms with Crippen LogP contribution in [0.3, 0.4) is 0 Å². The summed E-state index contributed by atoms with van der Waals surface area (Å²) in [5, 5.41) is 10.1. The molecule has 0 saturated carbocycles. The molecule has 0 aliphatic rings. The van der Waals surface area contributed by atoms with Crippen LogP contribution in [0.4, 0.5) is 0 Å². The van der Waals surface area contributed by atoms with Crippen LogP contribution < -0.4 is 0 Å². The summed E-state index contributed by atoms with van der Waals surface area (Å²) in [5.41, 5.74) is 2.30. The molecular weight excluding hydrogens is 172 g/mol. The fourth-order valence-corrected chi connectivity index (χ4v) is 1.79. The summed E-state index contributed by atoms with van der Waals surface area (Å²) in [5.74, 6) is -0.0406. The molecule has 1 heterocycles. The Bertz CT molecular complexity index is 503. The zero-order chi connectivity index (χ0) is 10.1. The number of fused-ring (bicyclic) bond motifs is 1. The first-order valence-electron chi connectivity index (χ1n) is 4.67. The van der Waals surface area contributed by atoms with Gasteiger partial charge in [-0.2, -0.15) is 5.26 Å². The van der Waals surface area contributed by atoms with Crippen molar-refractivity contribution < 1.29 is 0 Å². The highest BCUT2D eigenvalue weighted by Crippen LogP contribution is 2.26. The van der Waals surface area contributed by atoms with Crippen LogP contribution in [0.5, 0.6) is 0 Å². The van der Waals surface area contributed by atoms with E-state index in [1.165, 1.54) is 10.9 Å². The Labute approximate surface area is 83.4 Å². The molecule has 0 saturated heterocycles. The van der Waals surface area contributed by atoms with Crippen molar-refractivity contribution in [2.75, 3.05) is 0 Å². The number of rotatable bonds is 1. The van der Waals surface area contributed by atoms with Crippen molar-refractivity contribution in [1.82, 2.24) is 4.57 Å². The van der Waals surface area contributed by atoms with Crippen LogP contribution in [-0.2, 0) is 7.05 Å². The van der Waals surface area contributed by atoms with Gasteiger partial charge in [-0.05, 0) is 18.6 Å². The number of hydrogen-bond acceptors (Lipinski definition) is 1. The number of hydrogen-bond donors (Lipinski definition) is 0. The van der Waals surface area contributed by atoms with Crippen molar-refractivity contribution >= 4 is 10.9 Å². The summed E-state index contributed by atoms with van der Waals surface area (Å²) in [6.07, 6.45) is 2.04. The standard InChI is InChI=1S/C12H12N2/c1-9(7-13)11-8-14(2)12-6-4-3-5-10(11)12/h3-6,8-9H,1-2H3/t9-/m0/s1. The van der Waals surface area contributed by atoms with Gasteiger partial charge in [0.05, 0.1) is 12.0 Å². The van der Waals surface area contributed by atoms with Gasteiger partial charge in [0.2, 0.25) is 0 Å². The molecule has 0 amide bonds. The Morgan fingerprint density at radius 2 is 2.07 bits per heavy atom. The van der Waals surface area contributed by atoms with Crippen LogP contribution in [0.25, 0.3) is 10.9 Å². The van der Waals surface area contributed by atoms with E-state index in [4.69, 9.17) is 5.26 Å². The minimum atomic E-state index is -0.0406. The van der Waals surface area contributed by atoms with E-state index in [0.717, 1.165) is 5.56 Å². The Morgan fingerprint density at radius 3 is 2.79 bits per heavy atom. The van der Waals surface area contributed by atoms with Crippen LogP contribution in [0.1, 0.15) is 18.4 Å². The number of para-hydroxylation sites is 1. The second-order valence-electron chi connectivity index (χ2n) is 3.56. The summed E-state index contributed by atoms with van der Waals surface area (Å²) in [7, 11) is 2.01. The van der Waals surface area contributed by atoms with Crippen molar-refractivity contribution in [3.63, 3.8) is 0 Å². The third-order valence-electron chi connectivity index (χ3n) is 2.59. The maximum absolute atomic E-state index is 8.90. The first-order chi connectivity index (χ1) is 6.74. The molecule has 0 aliphatic carbocycles. The Morgan fingerprint density at radius 1 is 1.36 bits per heavy atom. The molecule has 0 fully saturated rings. The van der Waals surface area contributed by atoms with E-state index in [0.29, 0.717) is 0 Å². The molecule has 0 radical (unpaired) electrons. The Balaban J connectivity index is 2.74. The van der Waals surface area contributed by atoms with Crippen molar-refractivity contribution in [1.29, 1.82) is 5.26 Å². The van der Waals surface area contributed by atoms with Crippen LogP contribution in [-0.4, -0.2) is 4.57 Å². The smallest absolute Gasteiger partial charge is 0.0705 e. The molecule has 2 nitrogen and oxygen atoms in total. The molecule has 14 heavy (non-hydrogen) atoms. The lowest BCUT2D eigenvalue weighted by Gasteiger charge is -1.98. The normalized spacial score (nSPS) is 12.6. The number of nitriles is 1. The monoisotopic (exact) mass is 184 g/mol. The largest absolute Gasteiger partial charge is 0.350 e. The van der Waals surface area contributed by atoms with Gasteiger partial charge in [0, 0.05) is 24.1 Å². The molecule has 1 atom stereocenters. The number of benzene rings is 1. The third-order valence-corrected chi connectivity index (χ3v) is 2.59. The SMILES string of the molecule is C[C@@H](C#N)c1cn(C)c2ccccc12. The fraction of sp³-hybridized carbons (Fsp3) is 0.250. The lowest BCUT2D eigenvalue weighted by molar-refractivity contribution is 0.928. The van der Waals surface area contributed by atoms with Crippen molar-refractivity contribution in [2.24, 2.45) is 7.05 Å². The van der Waals surface area contributed by atoms with Crippen molar-refractivity contribution in [2.45, 2.75) is 12.8 Å². The zero-order valence-corrected chi connectivity index (χ0v) is 8.36. The molecule has 1 aromatic carbocycles. The topological polar surface area (TPSA) is 28.7 Å². The molecule has 0 bridgehead atoms. The lowest BCUT2D eigenvalue weighted by atomic mass is 10.0. The van der Waals surface area contributed by atoms with Gasteiger partial charge < -0.3 is 4.57 Å². The number of nitrogens with zero attached hydrogens (tertiary/aromatic N) is 2. The highest BCUT2D eigenvalue weighted by atomic mass is 14.9. The third kappa shape index (κ3) is 1.18. The predicted molar refractivity (Wildman–Crippen MR) is 56.9 cm³/mol. The minimum Gasteiger partial charge on any atom is -0.350 e. The molecule has 70 valence electrons. The quantitative estimate of drug-likeness (QED) is 0.670. The highest BCUT2D eigenvalue weighted by Gasteiger charge is 2.11. The zero-order valence-electron chi connectivity index (χ0n) is 8.36. The van der Waals surface area contributed by atoms with E-state index >= 15 is 0 Å². The van der Waals surface area contributed by atoms with Gasteiger partial charge in [-0.3, -0.25) is 0 Å². The Kier molecular flexibility index (Phi) is 2.01. The second-order valence-corrected chi connectivity index (χ2v) is 3.56. The summed E-state index contributed by atoms with van der Waals surface area (Å²) in [6, 6.07) is 10.4. The molecule has 0 N–H and O–H groups in total. The summed E-state index contributed by atoms with van der Waals surface area (Å²) < 4.78 is 2.07. The maximum Gasteiger partial charge on any atom is 0.0705 e. The van der Waals surface area contributed by atoms with Crippen LogP contribution in [0.2, 0.25) is 0 Å². The predicted octanol–water partition coefficient (Wildman–Crippen LogP) is 2.81.